The van der Waals surface area contributed by atoms with Crippen molar-refractivity contribution in [3.8, 4) is 0 Å². The molecule has 6 heteroatoms. The van der Waals surface area contributed by atoms with E-state index in [0.29, 0.717) is 10.6 Å². The normalized spacial score (nSPS) is 18.0. The van der Waals surface area contributed by atoms with E-state index in [1.54, 1.807) is 10.9 Å². The largest absolute Gasteiger partial charge is 0.360 e. The lowest BCUT2D eigenvalue weighted by molar-refractivity contribution is 0.0737. The molecule has 1 N–H and O–H groups in total. The highest BCUT2D eigenvalue weighted by molar-refractivity contribution is 6.31. The number of likely N-dealkylation sites (tertiary alicyclic amines) is 1. The lowest BCUT2D eigenvalue weighted by atomic mass is 10.1. The Balaban J connectivity index is 1.69. The number of nitrogens with zero attached hydrogens (tertiary/aromatic N) is 3. The molecule has 0 bridgehead atoms. The smallest absolute Gasteiger partial charge is 0.256 e. The third-order valence-corrected chi connectivity index (χ3v) is 4.73. The van der Waals surface area contributed by atoms with E-state index in [2.05, 4.69) is 10.1 Å². The summed E-state index contributed by atoms with van der Waals surface area (Å²) in [5, 5.41) is 5.81. The lowest BCUT2D eigenvalue weighted by Crippen LogP contribution is -2.30. The van der Waals surface area contributed by atoms with Crippen molar-refractivity contribution in [2.75, 3.05) is 6.54 Å². The molecular weight excluding hydrogens is 312 g/mol. The van der Waals surface area contributed by atoms with Crippen molar-refractivity contribution in [2.24, 2.45) is 7.05 Å². The van der Waals surface area contributed by atoms with Gasteiger partial charge in [0.15, 0.2) is 0 Å². The summed E-state index contributed by atoms with van der Waals surface area (Å²) >= 11 is 6.02. The van der Waals surface area contributed by atoms with Crippen LogP contribution in [-0.4, -0.2) is 32.1 Å². The van der Waals surface area contributed by atoms with Gasteiger partial charge in [-0.2, -0.15) is 5.10 Å². The highest BCUT2D eigenvalue weighted by Crippen LogP contribution is 2.34. The number of aromatic nitrogens is 3. The van der Waals surface area contributed by atoms with Gasteiger partial charge >= 0.3 is 0 Å². The first-order valence-electron chi connectivity index (χ1n) is 7.69. The molecule has 118 valence electrons. The molecule has 0 saturated carbocycles. The zero-order chi connectivity index (χ0) is 16.0. The van der Waals surface area contributed by atoms with Crippen molar-refractivity contribution in [1.82, 2.24) is 19.7 Å². The van der Waals surface area contributed by atoms with Crippen molar-refractivity contribution >= 4 is 28.4 Å². The van der Waals surface area contributed by atoms with E-state index in [4.69, 9.17) is 11.6 Å². The molecule has 0 unspecified atom stereocenters. The average molecular weight is 329 g/mol. The number of halogens is 1. The molecule has 1 saturated heterocycles. The second-order valence-electron chi connectivity index (χ2n) is 6.00. The van der Waals surface area contributed by atoms with Gasteiger partial charge in [0, 0.05) is 47.5 Å². The molecule has 0 spiro atoms. The van der Waals surface area contributed by atoms with Gasteiger partial charge in [-0.1, -0.05) is 17.7 Å². The maximum atomic E-state index is 13.0. The number of H-pyrrole nitrogens is 1. The van der Waals surface area contributed by atoms with Crippen LogP contribution in [-0.2, 0) is 7.05 Å². The summed E-state index contributed by atoms with van der Waals surface area (Å²) in [5.41, 5.74) is 2.69. The molecule has 1 fully saturated rings. The summed E-state index contributed by atoms with van der Waals surface area (Å²) in [6, 6.07) is 5.66. The summed E-state index contributed by atoms with van der Waals surface area (Å²) < 4.78 is 1.78. The Morgan fingerprint density at radius 3 is 3.09 bits per heavy atom. The molecule has 1 aliphatic rings. The first-order valence-corrected chi connectivity index (χ1v) is 8.07. The molecule has 3 aromatic rings. The van der Waals surface area contributed by atoms with Crippen molar-refractivity contribution in [2.45, 2.75) is 18.9 Å². The maximum Gasteiger partial charge on any atom is 0.256 e. The van der Waals surface area contributed by atoms with Crippen LogP contribution in [0, 0.1) is 0 Å². The molecule has 5 nitrogen and oxygen atoms in total. The topological polar surface area (TPSA) is 53.9 Å². The Labute approximate surface area is 138 Å². The summed E-state index contributed by atoms with van der Waals surface area (Å²) in [6.07, 6.45) is 7.61. The van der Waals surface area contributed by atoms with Crippen LogP contribution in [0.15, 0.2) is 36.8 Å². The fourth-order valence-corrected chi connectivity index (χ4v) is 3.57. The van der Waals surface area contributed by atoms with E-state index < -0.39 is 0 Å². The second kappa shape index (κ2) is 5.42. The number of aromatic amines is 1. The van der Waals surface area contributed by atoms with Gasteiger partial charge < -0.3 is 9.88 Å². The predicted octanol–water partition coefficient (Wildman–Crippen LogP) is 3.53. The molecular formula is C17H17ClN4O. The summed E-state index contributed by atoms with van der Waals surface area (Å²) in [7, 11) is 1.90. The van der Waals surface area contributed by atoms with Gasteiger partial charge in [0.1, 0.15) is 0 Å². The number of carbonyl (C=O) groups is 1. The van der Waals surface area contributed by atoms with Gasteiger partial charge in [0.05, 0.1) is 17.8 Å². The van der Waals surface area contributed by atoms with Gasteiger partial charge in [-0.15, -0.1) is 0 Å². The first-order chi connectivity index (χ1) is 11.1. The van der Waals surface area contributed by atoms with Crippen molar-refractivity contribution in [1.29, 1.82) is 0 Å². The molecule has 1 aliphatic heterocycles. The first kappa shape index (κ1) is 14.3. The standard InChI is InChI=1S/C17H17ClN4O/c1-21-10-11(8-20-21)16-3-2-6-22(16)17(23)14-9-19-15-7-12(18)4-5-13(14)15/h4-5,7-10,16,19H,2-3,6H2,1H3/t16-/m0/s1. The van der Waals surface area contributed by atoms with Crippen LogP contribution in [0.25, 0.3) is 10.9 Å². The Hall–Kier alpha value is -2.27. The number of hydrogen-bond acceptors (Lipinski definition) is 2. The van der Waals surface area contributed by atoms with E-state index >= 15 is 0 Å². The van der Waals surface area contributed by atoms with E-state index in [9.17, 15) is 4.79 Å². The molecule has 1 atom stereocenters. The van der Waals surface area contributed by atoms with Gasteiger partial charge in [0.25, 0.3) is 5.91 Å². The van der Waals surface area contributed by atoms with Gasteiger partial charge in [0.2, 0.25) is 0 Å². The molecule has 0 radical (unpaired) electrons. The molecule has 1 aromatic carbocycles. The van der Waals surface area contributed by atoms with Crippen LogP contribution in [0.1, 0.15) is 34.8 Å². The Kier molecular flexibility index (Phi) is 3.38. The minimum atomic E-state index is 0.0601. The average Bonchev–Trinajstić information content (AvgIpc) is 3.23. The minimum absolute atomic E-state index is 0.0601. The van der Waals surface area contributed by atoms with Gasteiger partial charge in [-0.3, -0.25) is 9.48 Å². The van der Waals surface area contributed by atoms with E-state index in [-0.39, 0.29) is 11.9 Å². The molecule has 3 heterocycles. The van der Waals surface area contributed by atoms with Crippen LogP contribution in [0.5, 0.6) is 0 Å². The number of amides is 1. The molecule has 2 aromatic heterocycles. The lowest BCUT2D eigenvalue weighted by Gasteiger charge is -2.23. The highest BCUT2D eigenvalue weighted by atomic mass is 35.5. The molecule has 0 aliphatic carbocycles. The van der Waals surface area contributed by atoms with Crippen LogP contribution in [0.2, 0.25) is 5.02 Å². The Bertz CT molecular complexity index is 882. The van der Waals surface area contributed by atoms with Crippen molar-refractivity contribution in [3.05, 3.63) is 52.9 Å². The quantitative estimate of drug-likeness (QED) is 0.782. The van der Waals surface area contributed by atoms with Crippen molar-refractivity contribution < 1.29 is 4.79 Å². The summed E-state index contributed by atoms with van der Waals surface area (Å²) in [6.45, 7) is 0.776. The van der Waals surface area contributed by atoms with Crippen LogP contribution < -0.4 is 0 Å². The minimum Gasteiger partial charge on any atom is -0.360 e. The summed E-state index contributed by atoms with van der Waals surface area (Å²) in [4.78, 5) is 18.1. The maximum absolute atomic E-state index is 13.0. The molecule has 23 heavy (non-hydrogen) atoms. The number of hydrogen-bond donors (Lipinski definition) is 1. The third kappa shape index (κ3) is 2.41. The Morgan fingerprint density at radius 2 is 2.30 bits per heavy atom. The van der Waals surface area contributed by atoms with Crippen LogP contribution >= 0.6 is 11.6 Å². The summed E-state index contributed by atoms with van der Waals surface area (Å²) in [5.74, 6) is 0.0601. The van der Waals surface area contributed by atoms with Crippen molar-refractivity contribution in [3.63, 3.8) is 0 Å². The number of nitrogens with one attached hydrogen (secondary N) is 1. The monoisotopic (exact) mass is 328 g/mol. The van der Waals surface area contributed by atoms with Gasteiger partial charge in [-0.05, 0) is 25.0 Å². The zero-order valence-corrected chi connectivity index (χ0v) is 13.5. The number of carbonyl (C=O) groups excluding carboxylic acids is 1. The number of aryl methyl sites for hydroxylation is 1. The number of benzene rings is 1. The van der Waals surface area contributed by atoms with E-state index in [0.717, 1.165) is 35.9 Å². The Morgan fingerprint density at radius 1 is 1.43 bits per heavy atom. The van der Waals surface area contributed by atoms with E-state index in [1.807, 2.05) is 42.5 Å². The SMILES string of the molecule is Cn1cc([C@@H]2CCCN2C(=O)c2c[nH]c3cc(Cl)ccc23)cn1. The number of rotatable bonds is 2. The molecule has 1 amide bonds. The second-order valence-corrected chi connectivity index (χ2v) is 6.43. The fourth-order valence-electron chi connectivity index (χ4n) is 3.40. The number of fused-ring (bicyclic) bond motifs is 1. The molecule has 4 rings (SSSR count). The van der Waals surface area contributed by atoms with Crippen LogP contribution in [0.4, 0.5) is 0 Å². The van der Waals surface area contributed by atoms with E-state index in [1.165, 1.54) is 0 Å². The fraction of sp³-hybridized carbons (Fsp3) is 0.294. The predicted molar refractivity (Wildman–Crippen MR) is 89.5 cm³/mol. The highest BCUT2D eigenvalue weighted by Gasteiger charge is 2.32. The third-order valence-electron chi connectivity index (χ3n) is 4.50. The van der Waals surface area contributed by atoms with Gasteiger partial charge in [-0.25, -0.2) is 0 Å². The van der Waals surface area contributed by atoms with Crippen LogP contribution in [0.3, 0.4) is 0 Å². The zero-order valence-electron chi connectivity index (χ0n) is 12.8.